The van der Waals surface area contributed by atoms with E-state index in [1.165, 1.54) is 24.8 Å². The van der Waals surface area contributed by atoms with E-state index >= 15 is 0 Å². The molecule has 4 rings (SSSR count). The Kier molecular flexibility index (Phi) is 6.40. The zero-order valence-electron chi connectivity index (χ0n) is 18.2. The van der Waals surface area contributed by atoms with E-state index in [1.807, 2.05) is 61.5 Å². The third-order valence-corrected chi connectivity index (χ3v) is 5.87. The summed E-state index contributed by atoms with van der Waals surface area (Å²) in [5.74, 6) is -0.297. The molecule has 0 atom stereocenters. The van der Waals surface area contributed by atoms with Crippen LogP contribution >= 0.6 is 0 Å². The Labute approximate surface area is 188 Å². The van der Waals surface area contributed by atoms with E-state index in [4.69, 9.17) is 5.73 Å². The Hall–Kier alpha value is -3.80. The fourth-order valence-corrected chi connectivity index (χ4v) is 4.04. The first kappa shape index (κ1) is 21.4. The minimum absolute atomic E-state index is 0.0576. The molecule has 6 heteroatoms. The van der Waals surface area contributed by atoms with Crippen molar-refractivity contribution in [3.8, 4) is 11.1 Å². The number of nitrogens with two attached hydrogens (primary N) is 1. The highest BCUT2D eigenvalue weighted by Gasteiger charge is 2.16. The predicted octanol–water partition coefficient (Wildman–Crippen LogP) is 5.00. The number of amides is 1. The molecule has 0 spiro atoms. The van der Waals surface area contributed by atoms with Crippen LogP contribution in [0.1, 0.15) is 40.7 Å². The van der Waals surface area contributed by atoms with E-state index in [0.717, 1.165) is 29.9 Å². The maximum Gasteiger partial charge on any atom is 0.255 e. The summed E-state index contributed by atoms with van der Waals surface area (Å²) in [4.78, 5) is 15.5. The smallest absolute Gasteiger partial charge is 0.255 e. The lowest BCUT2D eigenvalue weighted by molar-refractivity contribution is 0.102. The van der Waals surface area contributed by atoms with Gasteiger partial charge in [-0.1, -0.05) is 47.1 Å². The van der Waals surface area contributed by atoms with Crippen LogP contribution in [0.2, 0.25) is 0 Å². The molecule has 1 saturated heterocycles. The molecule has 1 aliphatic rings. The van der Waals surface area contributed by atoms with Gasteiger partial charge in [0.05, 0.1) is 5.69 Å². The van der Waals surface area contributed by atoms with Crippen molar-refractivity contribution < 1.29 is 10.0 Å². The quantitative estimate of drug-likeness (QED) is 0.231. The number of aryl methyl sites for hydroxylation is 1. The topological polar surface area (TPSA) is 91.0 Å². The number of hydrogen-bond donors (Lipinski definition) is 3. The van der Waals surface area contributed by atoms with Crippen LogP contribution in [0, 0.1) is 6.92 Å². The summed E-state index contributed by atoms with van der Waals surface area (Å²) < 4.78 is 0. The number of carbonyl (C=O) groups is 1. The molecule has 6 nitrogen and oxygen atoms in total. The van der Waals surface area contributed by atoms with Gasteiger partial charge in [-0.25, -0.2) is 0 Å². The van der Waals surface area contributed by atoms with E-state index in [0.29, 0.717) is 16.8 Å². The summed E-state index contributed by atoms with van der Waals surface area (Å²) in [6.07, 6.45) is 3.60. The largest absolute Gasteiger partial charge is 0.409 e. The minimum Gasteiger partial charge on any atom is -0.409 e. The minimum atomic E-state index is -0.239. The molecule has 4 N–H and O–H groups in total. The molecule has 164 valence electrons. The van der Waals surface area contributed by atoms with Crippen molar-refractivity contribution in [2.45, 2.75) is 26.2 Å². The molecular formula is C26H28N4O2. The number of amidine groups is 1. The monoisotopic (exact) mass is 428 g/mol. The average molecular weight is 429 g/mol. The van der Waals surface area contributed by atoms with Crippen LogP contribution in [-0.2, 0) is 0 Å². The number of carbonyl (C=O) groups excluding carboxylic acids is 1. The van der Waals surface area contributed by atoms with Gasteiger partial charge in [0.1, 0.15) is 0 Å². The van der Waals surface area contributed by atoms with Gasteiger partial charge in [-0.15, -0.1) is 0 Å². The molecule has 1 heterocycles. The summed E-state index contributed by atoms with van der Waals surface area (Å²) in [5.41, 5.74) is 11.6. The van der Waals surface area contributed by atoms with Crippen molar-refractivity contribution in [2.75, 3.05) is 23.3 Å². The molecule has 3 aromatic rings. The Bertz CT molecular complexity index is 1130. The maximum absolute atomic E-state index is 13.1. The second kappa shape index (κ2) is 9.56. The first-order valence-corrected chi connectivity index (χ1v) is 10.9. The highest BCUT2D eigenvalue weighted by atomic mass is 16.4. The number of anilines is 2. The third-order valence-electron chi connectivity index (χ3n) is 5.87. The van der Waals surface area contributed by atoms with Crippen molar-refractivity contribution in [3.63, 3.8) is 0 Å². The molecule has 0 saturated carbocycles. The summed E-state index contributed by atoms with van der Waals surface area (Å²) >= 11 is 0. The number of rotatable bonds is 5. The second-order valence-corrected chi connectivity index (χ2v) is 8.16. The molecule has 3 aromatic carbocycles. The molecule has 0 bridgehead atoms. The van der Waals surface area contributed by atoms with Crippen molar-refractivity contribution in [1.29, 1.82) is 0 Å². The highest BCUT2D eigenvalue weighted by molar-refractivity contribution is 6.10. The van der Waals surface area contributed by atoms with E-state index in [1.54, 1.807) is 12.1 Å². The molecular weight excluding hydrogens is 400 g/mol. The van der Waals surface area contributed by atoms with Crippen LogP contribution in [0.3, 0.4) is 0 Å². The summed E-state index contributed by atoms with van der Waals surface area (Å²) in [7, 11) is 0. The zero-order chi connectivity index (χ0) is 22.5. The zero-order valence-corrected chi connectivity index (χ0v) is 18.2. The van der Waals surface area contributed by atoms with Crippen LogP contribution in [0.25, 0.3) is 11.1 Å². The first-order valence-electron chi connectivity index (χ1n) is 10.9. The van der Waals surface area contributed by atoms with Gasteiger partial charge in [0, 0.05) is 29.9 Å². The van der Waals surface area contributed by atoms with Gasteiger partial charge in [0.15, 0.2) is 5.84 Å². The first-order chi connectivity index (χ1) is 15.5. The maximum atomic E-state index is 13.1. The number of benzene rings is 3. The number of oxime groups is 1. The number of nitrogens with zero attached hydrogens (tertiary/aromatic N) is 2. The van der Waals surface area contributed by atoms with Crippen molar-refractivity contribution in [3.05, 3.63) is 83.4 Å². The lowest BCUT2D eigenvalue weighted by atomic mass is 10.0. The van der Waals surface area contributed by atoms with Gasteiger partial charge in [-0.3, -0.25) is 4.79 Å². The summed E-state index contributed by atoms with van der Waals surface area (Å²) in [5, 5.41) is 15.3. The summed E-state index contributed by atoms with van der Waals surface area (Å²) in [6, 6.07) is 21.3. The van der Waals surface area contributed by atoms with E-state index in [-0.39, 0.29) is 11.7 Å². The number of nitrogens with one attached hydrogen (secondary N) is 1. The van der Waals surface area contributed by atoms with Gasteiger partial charge in [-0.05, 0) is 67.6 Å². The van der Waals surface area contributed by atoms with E-state index in [2.05, 4.69) is 15.4 Å². The fourth-order valence-electron chi connectivity index (χ4n) is 4.04. The van der Waals surface area contributed by atoms with Crippen molar-refractivity contribution >= 4 is 23.1 Å². The van der Waals surface area contributed by atoms with Gasteiger partial charge >= 0.3 is 0 Å². The van der Waals surface area contributed by atoms with Crippen LogP contribution in [0.15, 0.2) is 71.9 Å². The standard InChI is InChI=1S/C26H28N4O2/c1-18-8-10-19(11-9-18)20-12-13-23(25(27)29-32)24(17-20)28-26(31)21-6-5-7-22(16-21)30-14-3-2-4-15-30/h5-13,16-17,32H,2-4,14-15H2,1H3,(H2,27,29)(H,28,31). The molecule has 1 aliphatic heterocycles. The van der Waals surface area contributed by atoms with Crippen LogP contribution in [0.5, 0.6) is 0 Å². The SMILES string of the molecule is Cc1ccc(-c2ccc(/C(N)=N/O)c(NC(=O)c3cccc(N4CCCCC4)c3)c2)cc1. The van der Waals surface area contributed by atoms with Gasteiger partial charge in [-0.2, -0.15) is 0 Å². The van der Waals surface area contributed by atoms with Gasteiger partial charge in [0.2, 0.25) is 0 Å². The Morgan fingerprint density at radius 2 is 1.69 bits per heavy atom. The highest BCUT2D eigenvalue weighted by Crippen LogP contribution is 2.27. The molecule has 0 aromatic heterocycles. The second-order valence-electron chi connectivity index (χ2n) is 8.16. The Balaban J connectivity index is 1.64. The van der Waals surface area contributed by atoms with Gasteiger partial charge < -0.3 is 21.2 Å². The van der Waals surface area contributed by atoms with Crippen LogP contribution < -0.4 is 16.0 Å². The lowest BCUT2D eigenvalue weighted by Gasteiger charge is -2.29. The third kappa shape index (κ3) is 4.75. The average Bonchev–Trinajstić information content (AvgIpc) is 2.84. The summed E-state index contributed by atoms with van der Waals surface area (Å²) in [6.45, 7) is 4.06. The van der Waals surface area contributed by atoms with Crippen LogP contribution in [0.4, 0.5) is 11.4 Å². The van der Waals surface area contributed by atoms with Crippen molar-refractivity contribution in [2.24, 2.45) is 10.9 Å². The van der Waals surface area contributed by atoms with E-state index in [9.17, 15) is 10.0 Å². The van der Waals surface area contributed by atoms with Gasteiger partial charge in [0.25, 0.3) is 5.91 Å². The predicted molar refractivity (Wildman–Crippen MR) is 130 cm³/mol. The van der Waals surface area contributed by atoms with Crippen molar-refractivity contribution in [1.82, 2.24) is 0 Å². The van der Waals surface area contributed by atoms with E-state index < -0.39 is 0 Å². The number of hydrogen-bond acceptors (Lipinski definition) is 4. The lowest BCUT2D eigenvalue weighted by Crippen LogP contribution is -2.29. The molecule has 0 aliphatic carbocycles. The fraction of sp³-hybridized carbons (Fsp3) is 0.231. The molecule has 1 fully saturated rings. The Morgan fingerprint density at radius 3 is 2.41 bits per heavy atom. The molecule has 1 amide bonds. The number of piperidine rings is 1. The normalized spacial score (nSPS) is 14.3. The molecule has 0 radical (unpaired) electrons. The molecule has 32 heavy (non-hydrogen) atoms. The molecule has 0 unspecified atom stereocenters. The van der Waals surface area contributed by atoms with Crippen LogP contribution in [-0.4, -0.2) is 30.0 Å². The Morgan fingerprint density at radius 1 is 0.969 bits per heavy atom.